The third kappa shape index (κ3) is 2.98. The highest BCUT2D eigenvalue weighted by atomic mass is 19.2. The van der Waals surface area contributed by atoms with Gasteiger partial charge in [-0.2, -0.15) is 5.26 Å². The van der Waals surface area contributed by atoms with E-state index in [9.17, 15) is 8.78 Å². The summed E-state index contributed by atoms with van der Waals surface area (Å²) in [6, 6.07) is 4.44. The SMILES string of the molecule is CCC(C)CN(CC)c1ccc(C#N)c(F)c1F. The maximum atomic E-state index is 13.9. The summed E-state index contributed by atoms with van der Waals surface area (Å²) < 4.78 is 27.4. The Bertz CT molecular complexity index is 452. The topological polar surface area (TPSA) is 27.0 Å². The number of hydrogen-bond donors (Lipinski definition) is 0. The summed E-state index contributed by atoms with van der Waals surface area (Å²) in [7, 11) is 0. The summed E-state index contributed by atoms with van der Waals surface area (Å²) in [6.45, 7) is 7.31. The number of benzene rings is 1. The summed E-state index contributed by atoms with van der Waals surface area (Å²) in [5, 5.41) is 8.64. The second kappa shape index (κ2) is 6.34. The Kier molecular flexibility index (Phi) is 5.08. The molecule has 1 aromatic carbocycles. The maximum absolute atomic E-state index is 13.9. The van der Waals surface area contributed by atoms with Gasteiger partial charge in [-0.05, 0) is 25.0 Å². The van der Waals surface area contributed by atoms with Crippen molar-refractivity contribution in [1.29, 1.82) is 5.26 Å². The lowest BCUT2D eigenvalue weighted by Gasteiger charge is -2.26. The van der Waals surface area contributed by atoms with Crippen molar-refractivity contribution in [2.75, 3.05) is 18.0 Å². The third-order valence-electron chi connectivity index (χ3n) is 3.13. The van der Waals surface area contributed by atoms with Gasteiger partial charge in [-0.1, -0.05) is 20.3 Å². The van der Waals surface area contributed by atoms with Crippen LogP contribution in [0.15, 0.2) is 12.1 Å². The predicted octanol–water partition coefficient (Wildman–Crippen LogP) is 3.71. The molecule has 0 saturated carbocycles. The predicted molar refractivity (Wildman–Crippen MR) is 68.4 cm³/mol. The number of rotatable bonds is 5. The van der Waals surface area contributed by atoms with E-state index in [-0.39, 0.29) is 11.3 Å². The zero-order valence-electron chi connectivity index (χ0n) is 11.0. The van der Waals surface area contributed by atoms with Crippen molar-refractivity contribution in [1.82, 2.24) is 0 Å². The molecule has 1 unspecified atom stereocenters. The van der Waals surface area contributed by atoms with Gasteiger partial charge in [0.1, 0.15) is 6.07 Å². The van der Waals surface area contributed by atoms with Gasteiger partial charge < -0.3 is 4.90 Å². The van der Waals surface area contributed by atoms with Gasteiger partial charge in [0, 0.05) is 13.1 Å². The van der Waals surface area contributed by atoms with Gasteiger partial charge in [0.2, 0.25) is 0 Å². The average Bonchev–Trinajstić information content (AvgIpc) is 2.39. The minimum absolute atomic E-state index is 0.231. The fourth-order valence-electron chi connectivity index (χ4n) is 1.77. The van der Waals surface area contributed by atoms with Gasteiger partial charge in [-0.25, -0.2) is 8.78 Å². The first-order valence-corrected chi connectivity index (χ1v) is 6.18. The molecule has 0 N–H and O–H groups in total. The number of halogens is 2. The highest BCUT2D eigenvalue weighted by Gasteiger charge is 2.18. The van der Waals surface area contributed by atoms with Crippen molar-refractivity contribution in [2.45, 2.75) is 27.2 Å². The first-order valence-electron chi connectivity index (χ1n) is 6.18. The third-order valence-corrected chi connectivity index (χ3v) is 3.13. The zero-order chi connectivity index (χ0) is 13.7. The summed E-state index contributed by atoms with van der Waals surface area (Å²) in [4.78, 5) is 1.80. The molecule has 0 spiro atoms. The first-order chi connectivity index (χ1) is 8.54. The fourth-order valence-corrected chi connectivity index (χ4v) is 1.77. The van der Waals surface area contributed by atoms with Crippen LogP contribution in [0.2, 0.25) is 0 Å². The Morgan fingerprint density at radius 1 is 1.28 bits per heavy atom. The Labute approximate surface area is 107 Å². The van der Waals surface area contributed by atoms with Gasteiger partial charge in [-0.3, -0.25) is 0 Å². The molecular formula is C14H18F2N2. The lowest BCUT2D eigenvalue weighted by Crippen LogP contribution is -2.29. The van der Waals surface area contributed by atoms with Gasteiger partial charge in [0.15, 0.2) is 11.6 Å². The molecule has 0 aliphatic heterocycles. The largest absolute Gasteiger partial charge is 0.369 e. The van der Waals surface area contributed by atoms with Gasteiger partial charge in [-0.15, -0.1) is 0 Å². The molecule has 0 aromatic heterocycles. The fraction of sp³-hybridized carbons (Fsp3) is 0.500. The maximum Gasteiger partial charge on any atom is 0.183 e. The van der Waals surface area contributed by atoms with E-state index in [1.807, 2.05) is 6.92 Å². The van der Waals surface area contributed by atoms with Crippen molar-refractivity contribution >= 4 is 5.69 Å². The summed E-state index contributed by atoms with van der Waals surface area (Å²) in [5.41, 5.74) is -0.0230. The smallest absolute Gasteiger partial charge is 0.183 e. The number of hydrogen-bond acceptors (Lipinski definition) is 2. The Morgan fingerprint density at radius 3 is 2.44 bits per heavy atom. The van der Waals surface area contributed by atoms with Crippen LogP contribution in [-0.2, 0) is 0 Å². The van der Waals surface area contributed by atoms with Gasteiger partial charge in [0.25, 0.3) is 0 Å². The number of anilines is 1. The molecule has 1 atom stereocenters. The van der Waals surface area contributed by atoms with Crippen molar-refractivity contribution < 1.29 is 8.78 Å². The molecule has 1 aromatic rings. The molecule has 0 heterocycles. The number of nitriles is 1. The summed E-state index contributed by atoms with van der Waals surface area (Å²) in [6.07, 6.45) is 0.983. The Hall–Kier alpha value is -1.63. The van der Waals surface area contributed by atoms with E-state index in [2.05, 4.69) is 13.8 Å². The first kappa shape index (κ1) is 14.4. The van der Waals surface area contributed by atoms with Crippen molar-refractivity contribution in [2.24, 2.45) is 5.92 Å². The molecule has 2 nitrogen and oxygen atoms in total. The summed E-state index contributed by atoms with van der Waals surface area (Å²) in [5.74, 6) is -1.58. The monoisotopic (exact) mass is 252 g/mol. The lowest BCUT2D eigenvalue weighted by molar-refractivity contribution is 0.494. The van der Waals surface area contributed by atoms with Crippen LogP contribution in [0.5, 0.6) is 0 Å². The van der Waals surface area contributed by atoms with E-state index in [4.69, 9.17) is 5.26 Å². The summed E-state index contributed by atoms with van der Waals surface area (Å²) >= 11 is 0. The molecule has 1 rings (SSSR count). The van der Waals surface area contributed by atoms with E-state index in [1.54, 1.807) is 11.0 Å². The minimum Gasteiger partial charge on any atom is -0.369 e. The van der Waals surface area contributed by atoms with Gasteiger partial charge in [0.05, 0.1) is 11.3 Å². The van der Waals surface area contributed by atoms with Gasteiger partial charge >= 0.3 is 0 Å². The van der Waals surface area contributed by atoms with Crippen LogP contribution in [0.3, 0.4) is 0 Å². The highest BCUT2D eigenvalue weighted by molar-refractivity contribution is 5.52. The van der Waals surface area contributed by atoms with E-state index in [1.165, 1.54) is 12.1 Å². The minimum atomic E-state index is -1.06. The molecule has 0 aliphatic rings. The van der Waals surface area contributed by atoms with Crippen molar-refractivity contribution in [3.8, 4) is 6.07 Å². The van der Waals surface area contributed by atoms with E-state index in [0.29, 0.717) is 19.0 Å². The lowest BCUT2D eigenvalue weighted by atomic mass is 10.1. The quantitative estimate of drug-likeness (QED) is 0.798. The Morgan fingerprint density at radius 2 is 1.94 bits per heavy atom. The van der Waals surface area contributed by atoms with Crippen molar-refractivity contribution in [3.05, 3.63) is 29.3 Å². The molecular weight excluding hydrogens is 234 g/mol. The standard InChI is InChI=1S/C14H18F2N2/c1-4-10(3)9-18(5-2)12-7-6-11(8-17)13(15)14(12)16/h6-7,10H,4-5,9H2,1-3H3. The van der Waals surface area contributed by atoms with Crippen LogP contribution in [0.1, 0.15) is 32.8 Å². The Balaban J connectivity index is 3.08. The molecule has 0 radical (unpaired) electrons. The molecule has 0 saturated heterocycles. The average molecular weight is 252 g/mol. The molecule has 18 heavy (non-hydrogen) atoms. The molecule has 0 amide bonds. The van der Waals surface area contributed by atoms with Crippen LogP contribution in [0.25, 0.3) is 0 Å². The van der Waals surface area contributed by atoms with Crippen LogP contribution < -0.4 is 4.90 Å². The second-order valence-corrected chi connectivity index (χ2v) is 4.42. The number of nitrogens with zero attached hydrogens (tertiary/aromatic N) is 2. The van der Waals surface area contributed by atoms with E-state index >= 15 is 0 Å². The second-order valence-electron chi connectivity index (χ2n) is 4.42. The highest BCUT2D eigenvalue weighted by Crippen LogP contribution is 2.25. The van der Waals surface area contributed by atoms with Crippen LogP contribution >= 0.6 is 0 Å². The van der Waals surface area contributed by atoms with Crippen molar-refractivity contribution in [3.63, 3.8) is 0 Å². The zero-order valence-corrected chi connectivity index (χ0v) is 11.0. The van der Waals surface area contributed by atoms with Crippen LogP contribution in [0.4, 0.5) is 14.5 Å². The normalized spacial score (nSPS) is 12.0. The molecule has 0 fully saturated rings. The van der Waals surface area contributed by atoms with Crippen LogP contribution in [-0.4, -0.2) is 13.1 Å². The van der Waals surface area contributed by atoms with E-state index < -0.39 is 11.6 Å². The van der Waals surface area contributed by atoms with E-state index in [0.717, 1.165) is 6.42 Å². The molecule has 0 aliphatic carbocycles. The van der Waals surface area contributed by atoms with Crippen LogP contribution in [0, 0.1) is 28.9 Å². The molecule has 98 valence electrons. The molecule has 4 heteroatoms. The molecule has 0 bridgehead atoms.